The molecule has 0 fully saturated rings. The Balaban J connectivity index is 1.56. The zero-order valence-electron chi connectivity index (χ0n) is 17.8. The van der Waals surface area contributed by atoms with Gasteiger partial charge >= 0.3 is 0 Å². The molecule has 33 heavy (non-hydrogen) atoms. The van der Waals surface area contributed by atoms with Crippen molar-refractivity contribution in [3.05, 3.63) is 86.0 Å². The van der Waals surface area contributed by atoms with Gasteiger partial charge in [-0.05, 0) is 73.8 Å². The highest BCUT2D eigenvalue weighted by Crippen LogP contribution is 2.37. The lowest BCUT2D eigenvalue weighted by Crippen LogP contribution is -2.38. The molecule has 2 N–H and O–H groups in total. The van der Waals surface area contributed by atoms with E-state index in [-0.39, 0.29) is 29.5 Å². The summed E-state index contributed by atoms with van der Waals surface area (Å²) in [4.78, 5) is 41.4. The molecule has 0 atom stereocenters. The average molecular weight is 542 g/mol. The molecule has 0 bridgehead atoms. The highest BCUT2D eigenvalue weighted by atomic mass is 79.9. The van der Waals surface area contributed by atoms with Gasteiger partial charge in [-0.15, -0.1) is 11.3 Å². The number of benzene rings is 2. The summed E-state index contributed by atoms with van der Waals surface area (Å²) >= 11 is 6.00. The molecule has 3 amide bonds. The lowest BCUT2D eigenvalue weighted by Gasteiger charge is -2.19. The third-order valence-corrected chi connectivity index (χ3v) is 7.27. The van der Waals surface area contributed by atoms with Gasteiger partial charge in [0, 0.05) is 26.8 Å². The summed E-state index contributed by atoms with van der Waals surface area (Å²) in [6, 6.07) is 17.9. The number of halogens is 1. The molecule has 9 heteroatoms. The molecule has 1 aliphatic rings. The first-order chi connectivity index (χ1) is 15.8. The molecule has 2 aromatic carbocycles. The second-order valence-electron chi connectivity index (χ2n) is 7.47. The number of thiophene rings is 1. The Labute approximate surface area is 208 Å². The van der Waals surface area contributed by atoms with E-state index in [0.29, 0.717) is 21.2 Å². The summed E-state index contributed by atoms with van der Waals surface area (Å²) in [5.74, 6) is -0.840. The predicted octanol–water partition coefficient (Wildman–Crippen LogP) is 5.96. The van der Waals surface area contributed by atoms with Gasteiger partial charge < -0.3 is 10.6 Å². The van der Waals surface area contributed by atoms with Crippen molar-refractivity contribution in [2.45, 2.75) is 24.8 Å². The molecule has 3 aromatic rings. The van der Waals surface area contributed by atoms with E-state index < -0.39 is 0 Å². The van der Waals surface area contributed by atoms with Crippen LogP contribution in [0.5, 0.6) is 0 Å². The normalized spacial score (nSPS) is 13.8. The van der Waals surface area contributed by atoms with E-state index >= 15 is 0 Å². The monoisotopic (exact) mass is 541 g/mol. The van der Waals surface area contributed by atoms with E-state index in [9.17, 15) is 14.4 Å². The van der Waals surface area contributed by atoms with E-state index in [1.54, 1.807) is 18.2 Å². The number of hydrogen-bond acceptors (Lipinski definition) is 6. The van der Waals surface area contributed by atoms with Crippen LogP contribution in [-0.2, 0) is 9.59 Å². The van der Waals surface area contributed by atoms with Crippen molar-refractivity contribution in [3.63, 3.8) is 0 Å². The first-order valence-electron chi connectivity index (χ1n) is 10.1. The number of hydrogen-bond donors (Lipinski definition) is 2. The van der Waals surface area contributed by atoms with E-state index in [0.717, 1.165) is 9.37 Å². The lowest BCUT2D eigenvalue weighted by atomic mass is 10.3. The molecule has 0 aliphatic carbocycles. The fourth-order valence-electron chi connectivity index (χ4n) is 3.20. The molecule has 1 aliphatic heterocycles. The van der Waals surface area contributed by atoms with Gasteiger partial charge in [-0.3, -0.25) is 19.3 Å². The number of nitrogens with one attached hydrogen (secondary N) is 2. The van der Waals surface area contributed by atoms with Crippen LogP contribution >= 0.6 is 39.0 Å². The van der Waals surface area contributed by atoms with Gasteiger partial charge in [0.2, 0.25) is 0 Å². The van der Waals surface area contributed by atoms with Gasteiger partial charge in [0.1, 0.15) is 10.6 Å². The number of rotatable bonds is 7. The minimum absolute atomic E-state index is 0.168. The van der Waals surface area contributed by atoms with Crippen molar-refractivity contribution in [1.29, 1.82) is 0 Å². The molecule has 2 heterocycles. The SMILES string of the molecule is CC(C)N1C(=O)C(Nc2ccc(Br)cc2)=C(Sc2ccc(NC(=O)c3cccs3)cc2)C1=O. The fraction of sp³-hybridized carbons (Fsp3) is 0.125. The summed E-state index contributed by atoms with van der Waals surface area (Å²) in [7, 11) is 0. The zero-order valence-corrected chi connectivity index (χ0v) is 21.0. The van der Waals surface area contributed by atoms with Crippen LogP contribution in [0.3, 0.4) is 0 Å². The van der Waals surface area contributed by atoms with E-state index in [1.165, 1.54) is 28.0 Å². The van der Waals surface area contributed by atoms with Crippen molar-refractivity contribution in [2.24, 2.45) is 0 Å². The molecule has 4 rings (SSSR count). The van der Waals surface area contributed by atoms with Crippen LogP contribution < -0.4 is 10.6 Å². The predicted molar refractivity (Wildman–Crippen MR) is 136 cm³/mol. The van der Waals surface area contributed by atoms with Crippen molar-refractivity contribution in [2.75, 3.05) is 10.6 Å². The van der Waals surface area contributed by atoms with Gasteiger partial charge in [-0.1, -0.05) is 33.8 Å². The van der Waals surface area contributed by atoms with Crippen molar-refractivity contribution >= 4 is 68.1 Å². The first kappa shape index (κ1) is 23.3. The maximum Gasteiger partial charge on any atom is 0.278 e. The van der Waals surface area contributed by atoms with Gasteiger partial charge in [0.15, 0.2) is 0 Å². The number of anilines is 2. The minimum Gasteiger partial charge on any atom is -0.350 e. The Hall–Kier alpha value is -2.88. The molecular formula is C24H20BrN3O3S2. The molecule has 6 nitrogen and oxygen atoms in total. The quantitative estimate of drug-likeness (QED) is 0.361. The number of carbonyl (C=O) groups is 3. The van der Waals surface area contributed by atoms with Crippen LogP contribution in [-0.4, -0.2) is 28.7 Å². The highest BCUT2D eigenvalue weighted by molar-refractivity contribution is 9.10. The van der Waals surface area contributed by atoms with Crippen molar-refractivity contribution in [3.8, 4) is 0 Å². The largest absolute Gasteiger partial charge is 0.350 e. The Kier molecular flexibility index (Phi) is 7.02. The summed E-state index contributed by atoms with van der Waals surface area (Å²) in [6.07, 6.45) is 0. The molecule has 168 valence electrons. The molecule has 0 saturated heterocycles. The molecule has 0 radical (unpaired) electrons. The Morgan fingerprint density at radius 2 is 1.64 bits per heavy atom. The highest BCUT2D eigenvalue weighted by Gasteiger charge is 2.40. The van der Waals surface area contributed by atoms with Crippen LogP contribution in [0.4, 0.5) is 11.4 Å². The maximum atomic E-state index is 13.1. The van der Waals surface area contributed by atoms with Crippen molar-refractivity contribution < 1.29 is 14.4 Å². The average Bonchev–Trinajstić information content (AvgIpc) is 3.40. The maximum absolute atomic E-state index is 13.1. The minimum atomic E-state index is -0.347. The van der Waals surface area contributed by atoms with Crippen LogP contribution in [0.25, 0.3) is 0 Å². The van der Waals surface area contributed by atoms with E-state index in [2.05, 4.69) is 26.6 Å². The summed E-state index contributed by atoms with van der Waals surface area (Å²) in [5, 5.41) is 7.83. The van der Waals surface area contributed by atoms with E-state index in [4.69, 9.17) is 0 Å². The third kappa shape index (κ3) is 5.21. The molecule has 0 saturated carbocycles. The number of carbonyl (C=O) groups excluding carboxylic acids is 3. The summed E-state index contributed by atoms with van der Waals surface area (Å²) in [6.45, 7) is 3.62. The smallest absolute Gasteiger partial charge is 0.278 e. The molecule has 1 aromatic heterocycles. The summed E-state index contributed by atoms with van der Waals surface area (Å²) in [5.41, 5.74) is 1.62. The van der Waals surface area contributed by atoms with E-state index in [1.807, 2.05) is 61.7 Å². The number of nitrogens with zero attached hydrogens (tertiary/aromatic N) is 1. The zero-order chi connectivity index (χ0) is 23.5. The van der Waals surface area contributed by atoms with Crippen LogP contribution in [0.1, 0.15) is 23.5 Å². The van der Waals surface area contributed by atoms with Crippen LogP contribution in [0.2, 0.25) is 0 Å². The first-order valence-corrected chi connectivity index (χ1v) is 12.6. The van der Waals surface area contributed by atoms with Gasteiger partial charge in [-0.2, -0.15) is 0 Å². The lowest BCUT2D eigenvalue weighted by molar-refractivity contribution is -0.139. The Morgan fingerprint density at radius 3 is 2.24 bits per heavy atom. The number of imide groups is 1. The van der Waals surface area contributed by atoms with Crippen molar-refractivity contribution in [1.82, 2.24) is 4.90 Å². The topological polar surface area (TPSA) is 78.5 Å². The summed E-state index contributed by atoms with van der Waals surface area (Å²) < 4.78 is 0.917. The van der Waals surface area contributed by atoms with Gasteiger partial charge in [-0.25, -0.2) is 0 Å². The van der Waals surface area contributed by atoms with Gasteiger partial charge in [0.25, 0.3) is 17.7 Å². The number of amides is 3. The van der Waals surface area contributed by atoms with Crippen LogP contribution in [0.15, 0.2) is 86.0 Å². The second kappa shape index (κ2) is 9.94. The molecular weight excluding hydrogens is 522 g/mol. The third-order valence-electron chi connectivity index (χ3n) is 4.78. The Morgan fingerprint density at radius 1 is 0.970 bits per heavy atom. The fourth-order valence-corrected chi connectivity index (χ4v) is 5.02. The second-order valence-corrected chi connectivity index (χ2v) is 10.4. The Bertz CT molecular complexity index is 1220. The van der Waals surface area contributed by atoms with Gasteiger partial charge in [0.05, 0.1) is 4.88 Å². The molecule has 0 spiro atoms. The van der Waals surface area contributed by atoms with Crippen LogP contribution in [0, 0.1) is 0 Å². The number of thioether (sulfide) groups is 1. The standard InChI is InChI=1S/C24H20BrN3O3S2/c1-14(2)28-23(30)20(26-16-7-5-15(25)6-8-16)21(24(28)31)33-18-11-9-17(10-12-18)27-22(29)19-4-3-13-32-19/h3-14,26H,1-2H3,(H,27,29). The molecule has 0 unspecified atom stereocenters.